The second kappa shape index (κ2) is 3.87. The molecular formula is C7H5N3NaO2+. The fourth-order valence-electron chi connectivity index (χ4n) is 1.01. The van der Waals surface area contributed by atoms with Crippen molar-refractivity contribution in [2.75, 3.05) is 0 Å². The standard InChI is InChI=1S/C7H5N3O2.Na/c11-7(12)10-6-4-2-1-3-5(6)8-9-10;/h1-4H,(H,11,12);/q;+1. The molecule has 2 rings (SSSR count). The first-order chi connectivity index (χ1) is 5.79. The third-order valence-electron chi connectivity index (χ3n) is 1.53. The van der Waals surface area contributed by atoms with Crippen LogP contribution < -0.4 is 29.6 Å². The predicted octanol–water partition coefficient (Wildman–Crippen LogP) is -2.04. The summed E-state index contributed by atoms with van der Waals surface area (Å²) in [4.78, 5) is 10.5. The predicted molar refractivity (Wildman–Crippen MR) is 41.0 cm³/mol. The van der Waals surface area contributed by atoms with Crippen molar-refractivity contribution in [3.63, 3.8) is 0 Å². The minimum atomic E-state index is -1.12. The number of benzene rings is 1. The molecule has 0 aliphatic carbocycles. The second-order valence-corrected chi connectivity index (χ2v) is 2.27. The number of rotatable bonds is 0. The summed E-state index contributed by atoms with van der Waals surface area (Å²) in [5.74, 6) is 0. The van der Waals surface area contributed by atoms with E-state index in [4.69, 9.17) is 5.11 Å². The van der Waals surface area contributed by atoms with Crippen molar-refractivity contribution in [3.05, 3.63) is 24.3 Å². The van der Waals surface area contributed by atoms with Crippen molar-refractivity contribution >= 4 is 17.1 Å². The van der Waals surface area contributed by atoms with E-state index in [1.54, 1.807) is 24.3 Å². The number of hydrogen-bond donors (Lipinski definition) is 1. The molecule has 0 unspecified atom stereocenters. The Morgan fingerprint density at radius 3 is 2.77 bits per heavy atom. The Hall–Kier alpha value is -0.910. The van der Waals surface area contributed by atoms with Gasteiger partial charge in [0.2, 0.25) is 0 Å². The van der Waals surface area contributed by atoms with E-state index in [9.17, 15) is 4.79 Å². The number of fused-ring (bicyclic) bond motifs is 1. The summed E-state index contributed by atoms with van der Waals surface area (Å²) in [6.07, 6.45) is -1.12. The van der Waals surface area contributed by atoms with E-state index < -0.39 is 6.09 Å². The maximum atomic E-state index is 10.5. The first-order valence-corrected chi connectivity index (χ1v) is 3.33. The van der Waals surface area contributed by atoms with Gasteiger partial charge < -0.3 is 5.11 Å². The maximum Gasteiger partial charge on any atom is 1.00 e. The molecule has 13 heavy (non-hydrogen) atoms. The maximum absolute atomic E-state index is 10.5. The SMILES string of the molecule is O=C(O)n1nnc2ccccc21.[Na+]. The molecule has 5 nitrogen and oxygen atoms in total. The average Bonchev–Trinajstić information content (AvgIpc) is 2.47. The number of aromatic nitrogens is 3. The molecule has 1 N–H and O–H groups in total. The van der Waals surface area contributed by atoms with Gasteiger partial charge in [0, 0.05) is 0 Å². The molecule has 0 aliphatic rings. The number of nitrogens with zero attached hydrogens (tertiary/aromatic N) is 3. The van der Waals surface area contributed by atoms with Crippen LogP contribution in [0.25, 0.3) is 11.0 Å². The van der Waals surface area contributed by atoms with E-state index in [-0.39, 0.29) is 29.6 Å². The molecule has 6 heteroatoms. The first-order valence-electron chi connectivity index (χ1n) is 3.33. The molecule has 0 saturated heterocycles. The number of hydrogen-bond acceptors (Lipinski definition) is 3. The van der Waals surface area contributed by atoms with Gasteiger partial charge in [0.15, 0.2) is 0 Å². The zero-order chi connectivity index (χ0) is 8.55. The Morgan fingerprint density at radius 2 is 2.08 bits per heavy atom. The van der Waals surface area contributed by atoms with Gasteiger partial charge >= 0.3 is 35.7 Å². The van der Waals surface area contributed by atoms with Crippen molar-refractivity contribution in [2.24, 2.45) is 0 Å². The van der Waals surface area contributed by atoms with Gasteiger partial charge in [-0.15, -0.1) is 9.78 Å². The van der Waals surface area contributed by atoms with Crippen molar-refractivity contribution in [2.45, 2.75) is 0 Å². The Morgan fingerprint density at radius 1 is 1.38 bits per heavy atom. The third kappa shape index (κ3) is 1.72. The molecule has 0 aliphatic heterocycles. The summed E-state index contributed by atoms with van der Waals surface area (Å²) < 4.78 is 0.843. The van der Waals surface area contributed by atoms with Crippen LogP contribution in [0.1, 0.15) is 0 Å². The van der Waals surface area contributed by atoms with Gasteiger partial charge in [-0.1, -0.05) is 17.3 Å². The topological polar surface area (TPSA) is 68.0 Å². The molecule has 0 radical (unpaired) electrons. The van der Waals surface area contributed by atoms with E-state index in [1.165, 1.54) is 0 Å². The minimum Gasteiger partial charge on any atom is -0.463 e. The van der Waals surface area contributed by atoms with Crippen molar-refractivity contribution in [1.29, 1.82) is 0 Å². The van der Waals surface area contributed by atoms with E-state index in [2.05, 4.69) is 10.3 Å². The molecule has 2 aromatic rings. The quantitative estimate of drug-likeness (QED) is 0.481. The van der Waals surface area contributed by atoms with Crippen LogP contribution in [0.5, 0.6) is 0 Å². The molecule has 60 valence electrons. The fourth-order valence-corrected chi connectivity index (χ4v) is 1.01. The molecule has 0 saturated carbocycles. The Labute approximate surface area is 95.6 Å². The minimum absolute atomic E-state index is 0. The second-order valence-electron chi connectivity index (χ2n) is 2.27. The van der Waals surface area contributed by atoms with Crippen LogP contribution in [-0.4, -0.2) is 26.2 Å². The van der Waals surface area contributed by atoms with Gasteiger partial charge in [-0.25, -0.2) is 4.79 Å². The molecule has 0 amide bonds. The molecule has 1 aromatic carbocycles. The van der Waals surface area contributed by atoms with Crippen LogP contribution >= 0.6 is 0 Å². The first kappa shape index (κ1) is 10.2. The van der Waals surface area contributed by atoms with Crippen molar-refractivity contribution < 1.29 is 39.5 Å². The van der Waals surface area contributed by atoms with E-state index >= 15 is 0 Å². The van der Waals surface area contributed by atoms with Gasteiger partial charge in [0.25, 0.3) is 0 Å². The van der Waals surface area contributed by atoms with Gasteiger partial charge in [-0.3, -0.25) is 0 Å². The average molecular weight is 186 g/mol. The van der Waals surface area contributed by atoms with Crippen molar-refractivity contribution in [1.82, 2.24) is 15.0 Å². The number of carbonyl (C=O) groups is 1. The Balaban J connectivity index is 0.000000845. The number of para-hydroxylation sites is 1. The zero-order valence-electron chi connectivity index (χ0n) is 7.01. The van der Waals surface area contributed by atoms with E-state index in [0.717, 1.165) is 4.68 Å². The van der Waals surface area contributed by atoms with Crippen LogP contribution in [-0.2, 0) is 0 Å². The van der Waals surface area contributed by atoms with Gasteiger partial charge in [-0.05, 0) is 12.1 Å². The van der Waals surface area contributed by atoms with Crippen molar-refractivity contribution in [3.8, 4) is 0 Å². The molecule has 0 spiro atoms. The van der Waals surface area contributed by atoms with E-state index in [0.29, 0.717) is 11.0 Å². The zero-order valence-corrected chi connectivity index (χ0v) is 9.01. The summed E-state index contributed by atoms with van der Waals surface area (Å²) >= 11 is 0. The summed E-state index contributed by atoms with van der Waals surface area (Å²) in [7, 11) is 0. The molecule has 0 atom stereocenters. The third-order valence-corrected chi connectivity index (χ3v) is 1.53. The molecule has 0 bridgehead atoms. The van der Waals surface area contributed by atoms with Crippen LogP contribution in [0.2, 0.25) is 0 Å². The van der Waals surface area contributed by atoms with Gasteiger partial charge in [0.1, 0.15) is 11.0 Å². The van der Waals surface area contributed by atoms with Crippen LogP contribution in [0.15, 0.2) is 24.3 Å². The monoisotopic (exact) mass is 186 g/mol. The smallest absolute Gasteiger partial charge is 0.463 e. The molecule has 0 fully saturated rings. The summed E-state index contributed by atoms with van der Waals surface area (Å²) in [6.45, 7) is 0. The molecule has 1 heterocycles. The summed E-state index contributed by atoms with van der Waals surface area (Å²) in [5, 5.41) is 15.8. The van der Waals surface area contributed by atoms with Gasteiger partial charge in [-0.2, -0.15) is 0 Å². The Bertz CT molecular complexity index is 440. The summed E-state index contributed by atoms with van der Waals surface area (Å²) in [5.41, 5.74) is 1.09. The molecular weight excluding hydrogens is 181 g/mol. The molecule has 1 aromatic heterocycles. The van der Waals surface area contributed by atoms with Crippen LogP contribution in [0, 0.1) is 0 Å². The van der Waals surface area contributed by atoms with Crippen LogP contribution in [0.3, 0.4) is 0 Å². The van der Waals surface area contributed by atoms with Crippen LogP contribution in [0.4, 0.5) is 4.79 Å². The van der Waals surface area contributed by atoms with E-state index in [1.807, 2.05) is 0 Å². The number of carboxylic acid groups (broad SMARTS) is 1. The Kier molecular flexibility index (Phi) is 3.02. The summed E-state index contributed by atoms with van der Waals surface area (Å²) in [6, 6.07) is 6.89. The normalized spacial score (nSPS) is 9.54. The fraction of sp³-hybridized carbons (Fsp3) is 0. The largest absolute Gasteiger partial charge is 1.00 e. The van der Waals surface area contributed by atoms with Gasteiger partial charge in [0.05, 0.1) is 0 Å².